The van der Waals surface area contributed by atoms with Crippen LogP contribution in [-0.4, -0.2) is 28.5 Å². The molecule has 0 atom stereocenters. The van der Waals surface area contributed by atoms with E-state index in [-0.39, 0.29) is 11.3 Å². The summed E-state index contributed by atoms with van der Waals surface area (Å²) in [6, 6.07) is 3.81. The van der Waals surface area contributed by atoms with Gasteiger partial charge in [0.15, 0.2) is 0 Å². The van der Waals surface area contributed by atoms with Gasteiger partial charge in [-0.1, -0.05) is 0 Å². The highest BCUT2D eigenvalue weighted by molar-refractivity contribution is 14.1. The van der Waals surface area contributed by atoms with Crippen LogP contribution in [0, 0.1) is 13.7 Å². The summed E-state index contributed by atoms with van der Waals surface area (Å²) < 4.78 is 0.315. The fourth-order valence-corrected chi connectivity index (χ4v) is 1.77. The van der Waals surface area contributed by atoms with Crippen molar-refractivity contribution in [3.05, 3.63) is 37.4 Å². The van der Waals surface area contributed by atoms with Gasteiger partial charge in [-0.15, -0.1) is 0 Å². The van der Waals surface area contributed by atoms with Crippen molar-refractivity contribution in [2.24, 2.45) is 0 Å². The minimum atomic E-state index is -1.16. The normalized spacial score (nSPS) is 9.71. The van der Waals surface area contributed by atoms with Crippen LogP contribution in [0.3, 0.4) is 0 Å². The zero-order valence-corrected chi connectivity index (χ0v) is 10.5. The number of amides is 1. The molecule has 0 fully saturated rings. The first kappa shape index (κ1) is 13.4. The lowest BCUT2D eigenvalue weighted by Crippen LogP contribution is -2.29. The molecular formula is C9H7IN2O5. The van der Waals surface area contributed by atoms with Gasteiger partial charge in [-0.2, -0.15) is 0 Å². The van der Waals surface area contributed by atoms with Crippen LogP contribution in [0.5, 0.6) is 0 Å². The van der Waals surface area contributed by atoms with Crippen molar-refractivity contribution in [1.82, 2.24) is 5.32 Å². The van der Waals surface area contributed by atoms with E-state index in [0.29, 0.717) is 3.57 Å². The summed E-state index contributed by atoms with van der Waals surface area (Å²) >= 11 is 1.74. The quantitative estimate of drug-likeness (QED) is 0.479. The Bertz CT molecular complexity index is 488. The number of hydrogen-bond donors (Lipinski definition) is 2. The highest BCUT2D eigenvalue weighted by Crippen LogP contribution is 2.21. The van der Waals surface area contributed by atoms with E-state index in [1.54, 1.807) is 22.6 Å². The Labute approximate surface area is 109 Å². The Morgan fingerprint density at radius 2 is 2.12 bits per heavy atom. The van der Waals surface area contributed by atoms with Crippen LogP contribution in [0.2, 0.25) is 0 Å². The number of nitro benzene ring substituents is 1. The Morgan fingerprint density at radius 1 is 1.47 bits per heavy atom. The van der Waals surface area contributed by atoms with Crippen molar-refractivity contribution < 1.29 is 19.6 Å². The van der Waals surface area contributed by atoms with Gasteiger partial charge in [0.2, 0.25) is 0 Å². The monoisotopic (exact) mass is 350 g/mol. The third kappa shape index (κ3) is 3.66. The van der Waals surface area contributed by atoms with Gasteiger partial charge in [0.25, 0.3) is 11.6 Å². The van der Waals surface area contributed by atoms with E-state index in [1.807, 2.05) is 0 Å². The molecular weight excluding hydrogens is 343 g/mol. The number of carbonyl (C=O) groups is 2. The van der Waals surface area contributed by atoms with Gasteiger partial charge in [-0.25, -0.2) is 0 Å². The first-order valence-electron chi connectivity index (χ1n) is 4.35. The van der Waals surface area contributed by atoms with Gasteiger partial charge in [0.05, 0.1) is 8.49 Å². The van der Waals surface area contributed by atoms with Gasteiger partial charge in [-0.05, 0) is 34.7 Å². The molecule has 0 heterocycles. The second kappa shape index (κ2) is 5.57. The molecule has 0 aliphatic carbocycles. The number of hydrogen-bond acceptors (Lipinski definition) is 4. The van der Waals surface area contributed by atoms with Crippen molar-refractivity contribution in [3.63, 3.8) is 0 Å². The SMILES string of the molecule is O=C(O)CNC(=O)c1ccc([N+](=O)[O-])c(I)c1. The Morgan fingerprint density at radius 3 is 2.59 bits per heavy atom. The molecule has 0 unspecified atom stereocenters. The maximum Gasteiger partial charge on any atom is 0.322 e. The summed E-state index contributed by atoms with van der Waals surface area (Å²) in [5.41, 5.74) is 0.0848. The average Bonchev–Trinajstić information content (AvgIpc) is 2.25. The number of carbonyl (C=O) groups excluding carboxylic acids is 1. The maximum atomic E-state index is 11.4. The molecule has 7 nitrogen and oxygen atoms in total. The third-order valence-corrected chi connectivity index (χ3v) is 2.67. The van der Waals surface area contributed by atoms with Crippen molar-refractivity contribution >= 4 is 40.2 Å². The number of rotatable bonds is 4. The molecule has 1 aromatic carbocycles. The van der Waals surface area contributed by atoms with E-state index in [1.165, 1.54) is 18.2 Å². The predicted molar refractivity (Wildman–Crippen MR) is 65.8 cm³/mol. The molecule has 0 spiro atoms. The van der Waals surface area contributed by atoms with Crippen LogP contribution < -0.4 is 5.32 Å². The molecule has 0 aliphatic rings. The zero-order chi connectivity index (χ0) is 13.0. The summed E-state index contributed by atoms with van der Waals surface area (Å²) in [7, 11) is 0. The fraction of sp³-hybridized carbons (Fsp3) is 0.111. The molecule has 8 heteroatoms. The molecule has 0 saturated carbocycles. The van der Waals surface area contributed by atoms with Crippen molar-refractivity contribution in [2.75, 3.05) is 6.54 Å². The number of carboxylic acid groups (broad SMARTS) is 1. The Balaban J connectivity index is 2.86. The number of aliphatic carboxylic acids is 1. The minimum absolute atomic E-state index is 0.0969. The fourth-order valence-electron chi connectivity index (χ4n) is 1.05. The zero-order valence-electron chi connectivity index (χ0n) is 8.34. The van der Waals surface area contributed by atoms with Crippen LogP contribution in [0.4, 0.5) is 5.69 Å². The van der Waals surface area contributed by atoms with Crippen molar-refractivity contribution in [1.29, 1.82) is 0 Å². The molecule has 17 heavy (non-hydrogen) atoms. The van der Waals surface area contributed by atoms with Crippen molar-refractivity contribution in [3.8, 4) is 0 Å². The number of nitrogens with zero attached hydrogens (tertiary/aromatic N) is 1. The van der Waals surface area contributed by atoms with Gasteiger partial charge >= 0.3 is 5.97 Å². The number of nitrogens with one attached hydrogen (secondary N) is 1. The summed E-state index contributed by atoms with van der Waals surface area (Å²) in [5.74, 6) is -1.74. The lowest BCUT2D eigenvalue weighted by molar-refractivity contribution is -0.385. The Kier molecular flexibility index (Phi) is 4.37. The lowest BCUT2D eigenvalue weighted by Gasteiger charge is -2.03. The number of nitro groups is 1. The van der Waals surface area contributed by atoms with Crippen LogP contribution in [0.15, 0.2) is 18.2 Å². The molecule has 1 aromatic rings. The van der Waals surface area contributed by atoms with E-state index < -0.39 is 23.3 Å². The van der Waals surface area contributed by atoms with Gasteiger partial charge in [-0.3, -0.25) is 19.7 Å². The van der Waals surface area contributed by atoms with E-state index in [9.17, 15) is 19.7 Å². The Hall–Kier alpha value is -1.71. The van der Waals surface area contributed by atoms with Gasteiger partial charge < -0.3 is 10.4 Å². The molecule has 90 valence electrons. The second-order valence-corrected chi connectivity index (χ2v) is 4.16. The predicted octanol–water partition coefficient (Wildman–Crippen LogP) is 1.01. The van der Waals surface area contributed by atoms with Crippen LogP contribution in [-0.2, 0) is 4.79 Å². The number of halogens is 1. The molecule has 1 rings (SSSR count). The average molecular weight is 350 g/mol. The lowest BCUT2D eigenvalue weighted by atomic mass is 10.2. The topological polar surface area (TPSA) is 110 Å². The van der Waals surface area contributed by atoms with Gasteiger partial charge in [0.1, 0.15) is 6.54 Å². The smallest absolute Gasteiger partial charge is 0.322 e. The second-order valence-electron chi connectivity index (χ2n) is 3.00. The molecule has 0 bridgehead atoms. The summed E-state index contributed by atoms with van der Waals surface area (Å²) in [6.45, 7) is -0.494. The van der Waals surface area contributed by atoms with Gasteiger partial charge in [0, 0.05) is 11.6 Å². The van der Waals surface area contributed by atoms with Crippen LogP contribution in [0.25, 0.3) is 0 Å². The van der Waals surface area contributed by atoms with Crippen molar-refractivity contribution in [2.45, 2.75) is 0 Å². The number of carboxylic acids is 1. The summed E-state index contributed by atoms with van der Waals surface area (Å²) in [5, 5.41) is 21.1. The van der Waals surface area contributed by atoms with Crippen LogP contribution >= 0.6 is 22.6 Å². The summed E-state index contributed by atoms with van der Waals surface area (Å²) in [4.78, 5) is 31.7. The standard InChI is InChI=1S/C9H7IN2O5/c10-6-3-5(1-2-7(6)12(16)17)9(15)11-4-8(13)14/h1-3H,4H2,(H,11,15)(H,13,14). The minimum Gasteiger partial charge on any atom is -0.480 e. The molecule has 0 radical (unpaired) electrons. The number of benzene rings is 1. The summed E-state index contributed by atoms with van der Waals surface area (Å²) in [6.07, 6.45) is 0. The molecule has 1 amide bonds. The highest BCUT2D eigenvalue weighted by Gasteiger charge is 2.15. The van der Waals surface area contributed by atoms with E-state index in [4.69, 9.17) is 5.11 Å². The maximum absolute atomic E-state index is 11.4. The highest BCUT2D eigenvalue weighted by atomic mass is 127. The van der Waals surface area contributed by atoms with E-state index >= 15 is 0 Å². The first-order valence-corrected chi connectivity index (χ1v) is 5.43. The molecule has 0 saturated heterocycles. The largest absolute Gasteiger partial charge is 0.480 e. The third-order valence-electron chi connectivity index (χ3n) is 1.81. The van der Waals surface area contributed by atoms with E-state index in [2.05, 4.69) is 5.32 Å². The molecule has 0 aromatic heterocycles. The van der Waals surface area contributed by atoms with E-state index in [0.717, 1.165) is 0 Å². The first-order chi connectivity index (χ1) is 7.91. The van der Waals surface area contributed by atoms with Crippen LogP contribution in [0.1, 0.15) is 10.4 Å². The molecule has 2 N–H and O–H groups in total. The molecule has 0 aliphatic heterocycles.